The van der Waals surface area contributed by atoms with Gasteiger partial charge >= 0.3 is 6.09 Å². The third kappa shape index (κ3) is 5.92. The number of cyclic esters (lactones) is 1. The smallest absolute Gasteiger partial charge is 0.411 e. The van der Waals surface area contributed by atoms with Crippen LogP contribution in [0.1, 0.15) is 47.0 Å². The molecule has 0 aromatic heterocycles. The molecule has 7 nitrogen and oxygen atoms in total. The van der Waals surface area contributed by atoms with Crippen LogP contribution in [0.5, 0.6) is 0 Å². The topological polar surface area (TPSA) is 87.7 Å². The summed E-state index contributed by atoms with van der Waals surface area (Å²) in [5.74, 6) is -0.256. The summed E-state index contributed by atoms with van der Waals surface area (Å²) in [6.45, 7) is 6.69. The molecule has 7 heteroatoms. The zero-order valence-corrected chi connectivity index (χ0v) is 20.7. The second-order valence-electron chi connectivity index (χ2n) is 9.45. The molecule has 1 fully saturated rings. The molecule has 1 aliphatic heterocycles. The summed E-state index contributed by atoms with van der Waals surface area (Å²) < 4.78 is 5.75. The maximum absolute atomic E-state index is 13.3. The summed E-state index contributed by atoms with van der Waals surface area (Å²) in [4.78, 5) is 40.5. The van der Waals surface area contributed by atoms with Gasteiger partial charge in [-0.15, -0.1) is 0 Å². The van der Waals surface area contributed by atoms with Gasteiger partial charge in [0.05, 0.1) is 6.54 Å². The number of nitrogens with one attached hydrogen (secondary N) is 2. The van der Waals surface area contributed by atoms with E-state index < -0.39 is 18.2 Å². The van der Waals surface area contributed by atoms with Crippen molar-refractivity contribution in [1.82, 2.24) is 10.2 Å². The quantitative estimate of drug-likeness (QED) is 0.466. The first kappa shape index (κ1) is 25.0. The Labute approximate surface area is 211 Å². The van der Waals surface area contributed by atoms with E-state index in [1.165, 1.54) is 4.90 Å². The summed E-state index contributed by atoms with van der Waals surface area (Å²) in [6.07, 6.45) is -1.37. The number of anilines is 1. The van der Waals surface area contributed by atoms with Crippen molar-refractivity contribution in [2.24, 2.45) is 5.92 Å². The van der Waals surface area contributed by atoms with E-state index in [2.05, 4.69) is 10.6 Å². The lowest BCUT2D eigenvalue weighted by Gasteiger charge is -2.25. The van der Waals surface area contributed by atoms with Crippen molar-refractivity contribution in [3.63, 3.8) is 0 Å². The van der Waals surface area contributed by atoms with Crippen LogP contribution in [0.3, 0.4) is 0 Å². The number of hydrogen-bond acceptors (Lipinski definition) is 4. The number of aryl methyl sites for hydroxylation is 1. The fraction of sp³-hybridized carbons (Fsp3) is 0.276. The summed E-state index contributed by atoms with van der Waals surface area (Å²) in [6, 6.07) is 23.1. The molecule has 3 amide bonds. The van der Waals surface area contributed by atoms with E-state index in [1.54, 1.807) is 30.3 Å². The van der Waals surface area contributed by atoms with Crippen LogP contribution in [-0.2, 0) is 16.1 Å². The first-order chi connectivity index (χ1) is 17.3. The second-order valence-corrected chi connectivity index (χ2v) is 9.45. The number of benzene rings is 3. The Morgan fingerprint density at radius 3 is 2.44 bits per heavy atom. The predicted octanol–water partition coefficient (Wildman–Crippen LogP) is 5.08. The van der Waals surface area contributed by atoms with Crippen LogP contribution < -0.4 is 10.6 Å². The average Bonchev–Trinajstić information content (AvgIpc) is 3.19. The number of carbonyl (C=O) groups is 3. The molecule has 36 heavy (non-hydrogen) atoms. The lowest BCUT2D eigenvalue weighted by atomic mass is 9.99. The third-order valence-corrected chi connectivity index (χ3v) is 5.99. The molecule has 0 bridgehead atoms. The Balaban J connectivity index is 1.60. The Morgan fingerprint density at radius 2 is 1.72 bits per heavy atom. The second kappa shape index (κ2) is 11.1. The number of rotatable bonds is 8. The van der Waals surface area contributed by atoms with E-state index >= 15 is 0 Å². The van der Waals surface area contributed by atoms with Crippen molar-refractivity contribution < 1.29 is 19.1 Å². The molecule has 2 N–H and O–H groups in total. The molecular formula is C29H31N3O4. The Hall–Kier alpha value is -4.13. The normalized spacial score (nSPS) is 17.1. The minimum Gasteiger partial charge on any atom is -0.438 e. The highest BCUT2D eigenvalue weighted by Crippen LogP contribution is 2.35. The fourth-order valence-electron chi connectivity index (χ4n) is 4.18. The van der Waals surface area contributed by atoms with Crippen molar-refractivity contribution >= 4 is 23.6 Å². The summed E-state index contributed by atoms with van der Waals surface area (Å²) in [7, 11) is 0. The Morgan fingerprint density at radius 1 is 0.972 bits per heavy atom. The molecular weight excluding hydrogens is 454 g/mol. The monoisotopic (exact) mass is 485 g/mol. The standard InChI is InChI=1S/C29H31N3O4/c1-19(2)17-30-28(34)25-26(36-29(35)32(25)18-21-10-5-4-6-11-21)22-12-8-14-24(16-22)31-27(33)23-13-7-9-20(3)15-23/h4-16,19,25-26H,17-18H2,1-3H3,(H,30,34)(H,31,33)/t25-,26+/m0/s1. The van der Waals surface area contributed by atoms with Gasteiger partial charge in [0.2, 0.25) is 5.91 Å². The summed E-state index contributed by atoms with van der Waals surface area (Å²) >= 11 is 0. The largest absolute Gasteiger partial charge is 0.438 e. The molecule has 186 valence electrons. The van der Waals surface area contributed by atoms with E-state index in [0.29, 0.717) is 23.4 Å². The maximum atomic E-state index is 13.3. The fourth-order valence-corrected chi connectivity index (χ4v) is 4.18. The first-order valence-corrected chi connectivity index (χ1v) is 12.1. The first-order valence-electron chi connectivity index (χ1n) is 12.1. The molecule has 1 aliphatic rings. The van der Waals surface area contributed by atoms with Gasteiger partial charge in [0.15, 0.2) is 12.1 Å². The van der Waals surface area contributed by atoms with Crippen LogP contribution in [0.15, 0.2) is 78.9 Å². The third-order valence-electron chi connectivity index (χ3n) is 5.99. The van der Waals surface area contributed by atoms with E-state index in [1.807, 2.05) is 69.3 Å². The van der Waals surface area contributed by atoms with Gasteiger partial charge in [0, 0.05) is 17.8 Å². The van der Waals surface area contributed by atoms with E-state index in [9.17, 15) is 14.4 Å². The summed E-state index contributed by atoms with van der Waals surface area (Å²) in [5.41, 5.74) is 3.62. The maximum Gasteiger partial charge on any atom is 0.411 e. The number of nitrogens with zero attached hydrogens (tertiary/aromatic N) is 1. The lowest BCUT2D eigenvalue weighted by Crippen LogP contribution is -2.47. The molecule has 0 radical (unpaired) electrons. The molecule has 3 aromatic carbocycles. The Kier molecular flexibility index (Phi) is 7.68. The van der Waals surface area contributed by atoms with Crippen molar-refractivity contribution in [2.75, 3.05) is 11.9 Å². The average molecular weight is 486 g/mol. The molecule has 3 aromatic rings. The zero-order chi connectivity index (χ0) is 25.7. The van der Waals surface area contributed by atoms with Gasteiger partial charge in [0.1, 0.15) is 0 Å². The van der Waals surface area contributed by atoms with E-state index in [0.717, 1.165) is 11.1 Å². The van der Waals surface area contributed by atoms with Crippen molar-refractivity contribution in [3.05, 3.63) is 101 Å². The number of ether oxygens (including phenoxy) is 1. The van der Waals surface area contributed by atoms with Gasteiger partial charge in [-0.1, -0.05) is 74.0 Å². The van der Waals surface area contributed by atoms with Gasteiger partial charge < -0.3 is 15.4 Å². The van der Waals surface area contributed by atoms with Gasteiger partial charge in [-0.3, -0.25) is 14.5 Å². The molecule has 0 unspecified atom stereocenters. The highest BCUT2D eigenvalue weighted by Gasteiger charge is 2.47. The molecule has 2 atom stereocenters. The summed E-state index contributed by atoms with van der Waals surface area (Å²) in [5, 5.41) is 5.85. The van der Waals surface area contributed by atoms with Crippen LogP contribution in [0.4, 0.5) is 10.5 Å². The number of carbonyl (C=O) groups excluding carboxylic acids is 3. The molecule has 0 aliphatic carbocycles. The lowest BCUT2D eigenvalue weighted by molar-refractivity contribution is -0.126. The molecule has 0 spiro atoms. The minimum atomic E-state index is -0.848. The van der Waals surface area contributed by atoms with Crippen LogP contribution in [0.2, 0.25) is 0 Å². The van der Waals surface area contributed by atoms with Crippen LogP contribution in [0, 0.1) is 12.8 Å². The van der Waals surface area contributed by atoms with Gasteiger partial charge in [0.25, 0.3) is 5.91 Å². The molecule has 1 heterocycles. The van der Waals surface area contributed by atoms with Gasteiger partial charge in [-0.05, 0) is 48.2 Å². The minimum absolute atomic E-state index is 0.240. The van der Waals surface area contributed by atoms with E-state index in [4.69, 9.17) is 4.74 Å². The Bertz CT molecular complexity index is 1240. The number of amides is 3. The molecule has 0 saturated carbocycles. The molecule has 4 rings (SSSR count). The number of hydrogen-bond donors (Lipinski definition) is 2. The van der Waals surface area contributed by atoms with Gasteiger partial charge in [-0.25, -0.2) is 4.79 Å². The molecule has 1 saturated heterocycles. The highest BCUT2D eigenvalue weighted by molar-refractivity contribution is 6.04. The highest BCUT2D eigenvalue weighted by atomic mass is 16.6. The SMILES string of the molecule is Cc1cccc(C(=O)Nc2cccc([C@H]3OC(=O)N(Cc4ccccc4)[C@@H]3C(=O)NCC(C)C)c2)c1. The van der Waals surface area contributed by atoms with Crippen LogP contribution in [0.25, 0.3) is 0 Å². The van der Waals surface area contributed by atoms with Crippen molar-refractivity contribution in [3.8, 4) is 0 Å². The van der Waals surface area contributed by atoms with Gasteiger partial charge in [-0.2, -0.15) is 0 Å². The predicted molar refractivity (Wildman–Crippen MR) is 138 cm³/mol. The van der Waals surface area contributed by atoms with Crippen molar-refractivity contribution in [1.29, 1.82) is 0 Å². The van der Waals surface area contributed by atoms with Crippen LogP contribution in [-0.4, -0.2) is 35.4 Å². The van der Waals surface area contributed by atoms with Crippen molar-refractivity contribution in [2.45, 2.75) is 39.5 Å². The van der Waals surface area contributed by atoms with Crippen LogP contribution >= 0.6 is 0 Å². The zero-order valence-electron chi connectivity index (χ0n) is 20.7. The van der Waals surface area contributed by atoms with E-state index in [-0.39, 0.29) is 24.3 Å².